The maximum Gasteiger partial charge on any atom is 0.191 e. The second-order valence-corrected chi connectivity index (χ2v) is 7.53. The predicted octanol–water partition coefficient (Wildman–Crippen LogP) is 3.69. The van der Waals surface area contributed by atoms with Gasteiger partial charge in [-0.2, -0.15) is 0 Å². The van der Waals surface area contributed by atoms with Crippen LogP contribution in [0.15, 0.2) is 33.8 Å². The fourth-order valence-electron chi connectivity index (χ4n) is 3.87. The molecule has 1 aliphatic heterocycles. The molecule has 0 aliphatic carbocycles. The molecule has 7 nitrogen and oxygen atoms in total. The van der Waals surface area contributed by atoms with Gasteiger partial charge in [0.15, 0.2) is 5.96 Å². The monoisotopic (exact) mass is 559 g/mol. The number of morpholine rings is 1. The molecule has 0 spiro atoms. The van der Waals surface area contributed by atoms with E-state index in [1.807, 2.05) is 13.0 Å². The third-order valence-corrected chi connectivity index (χ3v) is 5.53. The Labute approximate surface area is 207 Å². The minimum Gasteiger partial charge on any atom is -0.379 e. The van der Waals surface area contributed by atoms with Gasteiger partial charge in [-0.25, -0.2) is 9.38 Å². The van der Waals surface area contributed by atoms with Crippen LogP contribution >= 0.6 is 24.0 Å². The highest BCUT2D eigenvalue weighted by atomic mass is 127. The normalized spacial score (nSPS) is 15.8. The van der Waals surface area contributed by atoms with E-state index in [1.54, 1.807) is 12.1 Å². The Balaban J connectivity index is 0.00000363. The quantitative estimate of drug-likeness (QED) is 0.278. The highest BCUT2D eigenvalue weighted by Crippen LogP contribution is 2.22. The minimum atomic E-state index is -0.219. The molecule has 1 saturated heterocycles. The molecule has 0 radical (unpaired) electrons. The molecule has 178 valence electrons. The summed E-state index contributed by atoms with van der Waals surface area (Å²) in [7, 11) is 0. The summed E-state index contributed by atoms with van der Waals surface area (Å²) in [5.74, 6) is 1.40. The fraction of sp³-hybridized carbons (Fsp3) is 0.565. The van der Waals surface area contributed by atoms with Crippen molar-refractivity contribution in [2.45, 2.75) is 46.2 Å². The van der Waals surface area contributed by atoms with Gasteiger partial charge in [-0.05, 0) is 31.0 Å². The lowest BCUT2D eigenvalue weighted by Gasteiger charge is -2.35. The first-order valence-electron chi connectivity index (χ1n) is 11.2. The van der Waals surface area contributed by atoms with Crippen LogP contribution in [-0.2, 0) is 24.1 Å². The lowest BCUT2D eigenvalue weighted by molar-refractivity contribution is 0.0169. The van der Waals surface area contributed by atoms with Crippen LogP contribution in [-0.4, -0.2) is 55.4 Å². The van der Waals surface area contributed by atoms with Crippen LogP contribution in [0.4, 0.5) is 4.39 Å². The average Bonchev–Trinajstić information content (AvgIpc) is 3.20. The third-order valence-electron chi connectivity index (χ3n) is 5.53. The van der Waals surface area contributed by atoms with Gasteiger partial charge in [-0.15, -0.1) is 24.0 Å². The summed E-state index contributed by atoms with van der Waals surface area (Å²) in [5.41, 5.74) is 2.98. The molecule has 1 aliphatic rings. The highest BCUT2D eigenvalue weighted by Gasteiger charge is 2.23. The highest BCUT2D eigenvalue weighted by molar-refractivity contribution is 14.0. The Morgan fingerprint density at radius 2 is 1.97 bits per heavy atom. The summed E-state index contributed by atoms with van der Waals surface area (Å²) < 4.78 is 24.9. The molecule has 2 heterocycles. The number of aliphatic imine (C=N–C) groups is 1. The molecule has 0 saturated carbocycles. The third kappa shape index (κ3) is 7.14. The zero-order valence-electron chi connectivity index (χ0n) is 19.2. The first-order valence-corrected chi connectivity index (χ1v) is 11.2. The van der Waals surface area contributed by atoms with Crippen molar-refractivity contribution in [1.82, 2.24) is 20.7 Å². The van der Waals surface area contributed by atoms with Crippen LogP contribution in [0.3, 0.4) is 0 Å². The van der Waals surface area contributed by atoms with Gasteiger partial charge in [-0.1, -0.05) is 31.1 Å². The zero-order valence-corrected chi connectivity index (χ0v) is 21.5. The van der Waals surface area contributed by atoms with E-state index in [4.69, 9.17) is 14.3 Å². The number of nitrogens with one attached hydrogen (secondary N) is 2. The molecule has 1 unspecified atom stereocenters. The number of nitrogens with zero attached hydrogens (tertiary/aromatic N) is 3. The molecule has 32 heavy (non-hydrogen) atoms. The summed E-state index contributed by atoms with van der Waals surface area (Å²) in [5, 5.41) is 10.9. The van der Waals surface area contributed by atoms with E-state index in [-0.39, 0.29) is 35.8 Å². The van der Waals surface area contributed by atoms with Crippen molar-refractivity contribution < 1.29 is 13.7 Å². The lowest BCUT2D eigenvalue weighted by Crippen LogP contribution is -2.46. The van der Waals surface area contributed by atoms with Gasteiger partial charge >= 0.3 is 0 Å². The standard InChI is InChI=1S/C23H34FN5O2.HI/c1-4-20-19(22(5-2)31-28-20)15-26-23(25-6-3)27-16-21(29-10-12-30-13-11-29)17-8-7-9-18(24)14-17;/h7-9,14,21H,4-6,10-13,15-16H2,1-3H3,(H2,25,26,27);1H. The summed E-state index contributed by atoms with van der Waals surface area (Å²) in [4.78, 5) is 7.11. The van der Waals surface area contributed by atoms with E-state index >= 15 is 0 Å². The number of rotatable bonds is 9. The predicted molar refractivity (Wildman–Crippen MR) is 135 cm³/mol. The van der Waals surface area contributed by atoms with Gasteiger partial charge in [-0.3, -0.25) is 4.90 Å². The van der Waals surface area contributed by atoms with Crippen LogP contribution in [0.1, 0.15) is 49.4 Å². The average molecular weight is 559 g/mol. The summed E-state index contributed by atoms with van der Waals surface area (Å²) in [6.07, 6.45) is 1.61. The molecule has 2 aromatic rings. The molecule has 2 N–H and O–H groups in total. The molecule has 9 heteroatoms. The summed E-state index contributed by atoms with van der Waals surface area (Å²) in [6.45, 7) is 11.0. The van der Waals surface area contributed by atoms with Crippen LogP contribution in [0, 0.1) is 5.82 Å². The Bertz CT molecular complexity index is 833. The topological polar surface area (TPSA) is 74.9 Å². The number of benzene rings is 1. The van der Waals surface area contributed by atoms with E-state index < -0.39 is 0 Å². The zero-order chi connectivity index (χ0) is 22.1. The number of hydrogen-bond acceptors (Lipinski definition) is 5. The Kier molecular flexibility index (Phi) is 11.4. The van der Waals surface area contributed by atoms with Crippen LogP contribution in [0.5, 0.6) is 0 Å². The van der Waals surface area contributed by atoms with Gasteiger partial charge in [0.25, 0.3) is 0 Å². The van der Waals surface area contributed by atoms with Gasteiger partial charge in [0.1, 0.15) is 11.6 Å². The maximum absolute atomic E-state index is 13.9. The first kappa shape index (κ1) is 26.5. The number of guanidine groups is 1. The SMILES string of the molecule is CCNC(=NCc1c(CC)noc1CC)NCC(c1cccc(F)c1)N1CCOCC1.I. The van der Waals surface area contributed by atoms with Crippen LogP contribution in [0.2, 0.25) is 0 Å². The molecular weight excluding hydrogens is 524 g/mol. The van der Waals surface area contributed by atoms with Crippen molar-refractivity contribution in [2.75, 3.05) is 39.4 Å². The number of aromatic nitrogens is 1. The summed E-state index contributed by atoms with van der Waals surface area (Å²) >= 11 is 0. The molecule has 1 aromatic carbocycles. The van der Waals surface area contributed by atoms with E-state index in [1.165, 1.54) is 6.07 Å². The number of hydrogen-bond donors (Lipinski definition) is 2. The van der Waals surface area contributed by atoms with Crippen molar-refractivity contribution in [2.24, 2.45) is 4.99 Å². The number of aryl methyl sites for hydroxylation is 2. The molecule has 1 atom stereocenters. The van der Waals surface area contributed by atoms with Gasteiger partial charge in [0, 0.05) is 38.2 Å². The molecule has 1 aromatic heterocycles. The van der Waals surface area contributed by atoms with Crippen LogP contribution < -0.4 is 10.6 Å². The van der Waals surface area contributed by atoms with Gasteiger partial charge in [0.2, 0.25) is 0 Å². The number of ether oxygens (including phenoxy) is 1. The molecule has 0 bridgehead atoms. The second kappa shape index (κ2) is 13.7. The molecule has 0 amide bonds. The van der Waals surface area contributed by atoms with Gasteiger partial charge in [0.05, 0.1) is 31.5 Å². The first-order chi connectivity index (χ1) is 15.2. The van der Waals surface area contributed by atoms with Crippen molar-refractivity contribution in [3.05, 3.63) is 52.7 Å². The van der Waals surface area contributed by atoms with E-state index in [0.29, 0.717) is 26.3 Å². The number of halogens is 2. The largest absolute Gasteiger partial charge is 0.379 e. The second-order valence-electron chi connectivity index (χ2n) is 7.53. The van der Waals surface area contributed by atoms with E-state index in [2.05, 4.69) is 34.5 Å². The molecular formula is C23H35FIN5O2. The van der Waals surface area contributed by atoms with Crippen molar-refractivity contribution in [1.29, 1.82) is 0 Å². The minimum absolute atomic E-state index is 0. The maximum atomic E-state index is 13.9. The lowest BCUT2D eigenvalue weighted by atomic mass is 10.0. The fourth-order valence-corrected chi connectivity index (χ4v) is 3.87. The van der Waals surface area contributed by atoms with Gasteiger partial charge < -0.3 is 19.9 Å². The molecule has 3 rings (SSSR count). The van der Waals surface area contributed by atoms with Crippen LogP contribution in [0.25, 0.3) is 0 Å². The van der Waals surface area contributed by atoms with Crippen molar-refractivity contribution >= 4 is 29.9 Å². The Hall–Kier alpha value is -1.72. The van der Waals surface area contributed by atoms with Crippen molar-refractivity contribution in [3.63, 3.8) is 0 Å². The van der Waals surface area contributed by atoms with E-state index in [0.717, 1.165) is 61.0 Å². The molecule has 1 fully saturated rings. The van der Waals surface area contributed by atoms with Crippen molar-refractivity contribution in [3.8, 4) is 0 Å². The Morgan fingerprint density at radius 3 is 2.62 bits per heavy atom. The summed E-state index contributed by atoms with van der Waals surface area (Å²) in [6, 6.07) is 6.87. The smallest absolute Gasteiger partial charge is 0.191 e. The van der Waals surface area contributed by atoms with E-state index in [9.17, 15) is 4.39 Å². The Morgan fingerprint density at radius 1 is 1.19 bits per heavy atom.